The van der Waals surface area contributed by atoms with Crippen molar-refractivity contribution in [2.24, 2.45) is 0 Å². The zero-order valence-electron chi connectivity index (χ0n) is 18.4. The summed E-state index contributed by atoms with van der Waals surface area (Å²) in [5, 5.41) is 12.6. The van der Waals surface area contributed by atoms with Crippen LogP contribution in [0.1, 0.15) is 50.2 Å². The maximum atomic E-state index is 4.35. The Morgan fingerprint density at radius 1 is 0.900 bits per heavy atom. The first kappa shape index (κ1) is 20.7. The van der Waals surface area contributed by atoms with Crippen LogP contribution in [-0.4, -0.2) is 46.4 Å². The van der Waals surface area contributed by atoms with Crippen LogP contribution in [0.4, 0.5) is 0 Å². The summed E-state index contributed by atoms with van der Waals surface area (Å²) in [4.78, 5) is 3.21. The molecular weight excluding hydrogens is 372 g/mol. The fourth-order valence-corrected chi connectivity index (χ4v) is 4.50. The van der Waals surface area contributed by atoms with Gasteiger partial charge in [0.1, 0.15) is 38.8 Å². The molecule has 2 N–H and O–H groups in total. The summed E-state index contributed by atoms with van der Waals surface area (Å²) in [6, 6.07) is 22.3. The predicted octanol–water partition coefficient (Wildman–Crippen LogP) is 0.891. The molecule has 3 aromatic rings. The van der Waals surface area contributed by atoms with Gasteiger partial charge in [-0.3, -0.25) is 0 Å². The number of aromatic nitrogens is 4. The van der Waals surface area contributed by atoms with Crippen molar-refractivity contribution < 1.29 is 9.80 Å². The van der Waals surface area contributed by atoms with Crippen molar-refractivity contribution in [3.8, 4) is 0 Å². The van der Waals surface area contributed by atoms with E-state index < -0.39 is 0 Å². The van der Waals surface area contributed by atoms with Crippen LogP contribution >= 0.6 is 0 Å². The minimum absolute atomic E-state index is 0.0446. The zero-order chi connectivity index (χ0) is 21.0. The lowest BCUT2D eigenvalue weighted by molar-refractivity contribution is -1.03. The van der Waals surface area contributed by atoms with E-state index in [2.05, 4.69) is 97.0 Å². The van der Waals surface area contributed by atoms with E-state index in [1.165, 1.54) is 11.1 Å². The Hall–Kier alpha value is -2.57. The summed E-state index contributed by atoms with van der Waals surface area (Å²) in [5.74, 6) is 1.00. The van der Waals surface area contributed by atoms with Crippen molar-refractivity contribution in [2.75, 3.05) is 26.2 Å². The van der Waals surface area contributed by atoms with Gasteiger partial charge in [-0.1, -0.05) is 67.6 Å². The Kier molecular flexibility index (Phi) is 6.25. The summed E-state index contributed by atoms with van der Waals surface area (Å²) >= 11 is 0. The van der Waals surface area contributed by atoms with Gasteiger partial charge in [0, 0.05) is 11.1 Å². The third-order valence-electron chi connectivity index (χ3n) is 6.65. The van der Waals surface area contributed by atoms with E-state index in [0.717, 1.165) is 45.0 Å². The van der Waals surface area contributed by atoms with Crippen LogP contribution in [0.2, 0.25) is 0 Å². The second kappa shape index (κ2) is 9.06. The maximum absolute atomic E-state index is 4.35. The molecule has 2 heterocycles. The average molecular weight is 407 g/mol. The highest BCUT2D eigenvalue weighted by atomic mass is 15.6. The molecule has 4 rings (SSSR count). The lowest BCUT2D eigenvalue weighted by Crippen LogP contribution is -3.27. The SMILES string of the molecule is CCC(C)(C)n1nnnc1C[NH+]1CC[NH+](C(c2ccccc2)c2ccccc2)CC1. The smallest absolute Gasteiger partial charge is 0.206 e. The first-order valence-electron chi connectivity index (χ1n) is 11.1. The van der Waals surface area contributed by atoms with Crippen LogP contribution in [0.3, 0.4) is 0 Å². The molecule has 0 amide bonds. The molecule has 1 aliphatic rings. The number of hydrogen-bond acceptors (Lipinski definition) is 3. The summed E-state index contributed by atoms with van der Waals surface area (Å²) < 4.78 is 2.02. The molecule has 158 valence electrons. The monoisotopic (exact) mass is 406 g/mol. The molecule has 1 saturated heterocycles. The average Bonchev–Trinajstić information content (AvgIpc) is 3.26. The number of benzene rings is 2. The van der Waals surface area contributed by atoms with Crippen LogP contribution in [-0.2, 0) is 12.1 Å². The van der Waals surface area contributed by atoms with Gasteiger partial charge in [0.25, 0.3) is 0 Å². The first-order chi connectivity index (χ1) is 14.6. The molecule has 1 aromatic heterocycles. The van der Waals surface area contributed by atoms with Crippen LogP contribution in [0.15, 0.2) is 60.7 Å². The summed E-state index contributed by atoms with van der Waals surface area (Å²) in [6.45, 7) is 12.0. The minimum atomic E-state index is -0.0446. The molecular formula is C24H34N6+2. The summed E-state index contributed by atoms with van der Waals surface area (Å²) in [6.07, 6.45) is 1.01. The van der Waals surface area contributed by atoms with E-state index in [-0.39, 0.29) is 5.54 Å². The van der Waals surface area contributed by atoms with Gasteiger partial charge in [-0.05, 0) is 30.7 Å². The van der Waals surface area contributed by atoms with E-state index in [9.17, 15) is 0 Å². The molecule has 1 fully saturated rings. The number of hydrogen-bond donors (Lipinski definition) is 2. The molecule has 0 bridgehead atoms. The van der Waals surface area contributed by atoms with Crippen molar-refractivity contribution >= 4 is 0 Å². The summed E-state index contributed by atoms with van der Waals surface area (Å²) in [5.41, 5.74) is 2.75. The van der Waals surface area contributed by atoms with Gasteiger partial charge in [-0.2, -0.15) is 0 Å². The van der Waals surface area contributed by atoms with E-state index in [0.29, 0.717) is 6.04 Å². The minimum Gasteiger partial charge on any atom is -0.319 e. The molecule has 0 atom stereocenters. The Morgan fingerprint density at radius 2 is 1.47 bits per heavy atom. The van der Waals surface area contributed by atoms with Crippen LogP contribution in [0, 0.1) is 0 Å². The first-order valence-corrected chi connectivity index (χ1v) is 11.1. The Morgan fingerprint density at radius 3 is 2.00 bits per heavy atom. The number of rotatable bonds is 7. The second-order valence-electron chi connectivity index (χ2n) is 9.01. The van der Waals surface area contributed by atoms with Gasteiger partial charge in [0.2, 0.25) is 5.82 Å². The molecule has 6 nitrogen and oxygen atoms in total. The number of nitrogens with zero attached hydrogens (tertiary/aromatic N) is 4. The normalized spacial score (nSPS) is 19.9. The van der Waals surface area contributed by atoms with Gasteiger partial charge < -0.3 is 9.80 Å². The molecule has 0 radical (unpaired) electrons. The Bertz CT molecular complexity index is 874. The molecule has 0 saturated carbocycles. The van der Waals surface area contributed by atoms with Gasteiger partial charge in [0.15, 0.2) is 0 Å². The fourth-order valence-electron chi connectivity index (χ4n) is 4.50. The van der Waals surface area contributed by atoms with E-state index in [1.54, 1.807) is 9.80 Å². The van der Waals surface area contributed by atoms with Crippen molar-refractivity contribution in [2.45, 2.75) is 45.3 Å². The van der Waals surface area contributed by atoms with Crippen molar-refractivity contribution in [3.63, 3.8) is 0 Å². The molecule has 1 aliphatic heterocycles. The summed E-state index contributed by atoms with van der Waals surface area (Å²) in [7, 11) is 0. The largest absolute Gasteiger partial charge is 0.319 e. The highest BCUT2D eigenvalue weighted by Crippen LogP contribution is 2.19. The third kappa shape index (κ3) is 4.45. The fraction of sp³-hybridized carbons (Fsp3) is 0.458. The Balaban J connectivity index is 1.46. The second-order valence-corrected chi connectivity index (χ2v) is 9.01. The lowest BCUT2D eigenvalue weighted by atomic mass is 9.96. The number of tetrazole rings is 1. The van der Waals surface area contributed by atoms with Crippen LogP contribution < -0.4 is 9.80 Å². The molecule has 0 aliphatic carbocycles. The van der Waals surface area contributed by atoms with E-state index in [4.69, 9.17) is 0 Å². The molecule has 0 spiro atoms. The quantitative estimate of drug-likeness (QED) is 0.613. The topological polar surface area (TPSA) is 52.5 Å². The number of piperazine rings is 1. The maximum Gasteiger partial charge on any atom is 0.206 e. The van der Waals surface area contributed by atoms with Gasteiger partial charge in [-0.25, -0.2) is 4.68 Å². The standard InChI is InChI=1S/C24H32N6/c1-4-24(2,3)30-22(25-26-27-30)19-28-15-17-29(18-16-28)23(20-11-7-5-8-12-20)21-13-9-6-10-14-21/h5-14,23H,4,15-19H2,1-3H3/p+2. The molecule has 6 heteroatoms. The zero-order valence-corrected chi connectivity index (χ0v) is 18.4. The lowest BCUT2D eigenvalue weighted by Gasteiger charge is -2.35. The Labute approximate surface area is 179 Å². The highest BCUT2D eigenvalue weighted by molar-refractivity contribution is 5.29. The molecule has 2 aromatic carbocycles. The number of quaternary nitrogens is 2. The predicted molar refractivity (Wildman–Crippen MR) is 117 cm³/mol. The van der Waals surface area contributed by atoms with Gasteiger partial charge in [0.05, 0.1) is 5.54 Å². The number of nitrogens with one attached hydrogen (secondary N) is 2. The van der Waals surface area contributed by atoms with E-state index in [1.807, 2.05) is 4.68 Å². The third-order valence-corrected chi connectivity index (χ3v) is 6.65. The van der Waals surface area contributed by atoms with E-state index >= 15 is 0 Å². The highest BCUT2D eigenvalue weighted by Gasteiger charge is 2.33. The molecule has 30 heavy (non-hydrogen) atoms. The van der Waals surface area contributed by atoms with Crippen molar-refractivity contribution in [1.29, 1.82) is 0 Å². The van der Waals surface area contributed by atoms with Crippen molar-refractivity contribution in [1.82, 2.24) is 20.2 Å². The van der Waals surface area contributed by atoms with Gasteiger partial charge in [-0.15, -0.1) is 5.10 Å². The van der Waals surface area contributed by atoms with Crippen molar-refractivity contribution in [3.05, 3.63) is 77.6 Å². The van der Waals surface area contributed by atoms with Gasteiger partial charge >= 0.3 is 0 Å². The van der Waals surface area contributed by atoms with Crippen LogP contribution in [0.25, 0.3) is 0 Å². The molecule has 0 unspecified atom stereocenters. The van der Waals surface area contributed by atoms with Crippen LogP contribution in [0.5, 0.6) is 0 Å².